The molecule has 1 fully saturated rings. The molecule has 1 saturated heterocycles. The summed E-state index contributed by atoms with van der Waals surface area (Å²) in [5, 5.41) is 5.81. The highest BCUT2D eigenvalue weighted by molar-refractivity contribution is 8.18. The average Bonchev–Trinajstić information content (AvgIpc) is 3.31. The van der Waals surface area contributed by atoms with E-state index in [4.69, 9.17) is 18.7 Å². The van der Waals surface area contributed by atoms with Crippen LogP contribution >= 0.6 is 11.8 Å². The van der Waals surface area contributed by atoms with Crippen LogP contribution in [0.25, 0.3) is 6.08 Å². The fraction of sp³-hybridized carbons (Fsp3) is 0.300. The van der Waals surface area contributed by atoms with Gasteiger partial charge in [0.25, 0.3) is 17.1 Å². The Morgan fingerprint density at radius 3 is 2.39 bits per heavy atom. The predicted molar refractivity (Wildman–Crippen MR) is 112 cm³/mol. The number of amides is 3. The second kappa shape index (κ2) is 9.56. The average molecular weight is 447 g/mol. The number of nitrogens with zero attached hydrogens (tertiary/aromatic N) is 2. The minimum atomic E-state index is -0.472. The quantitative estimate of drug-likeness (QED) is 0.608. The van der Waals surface area contributed by atoms with Crippen molar-refractivity contribution in [1.29, 1.82) is 0 Å². The highest BCUT2D eigenvalue weighted by Gasteiger charge is 2.35. The van der Waals surface area contributed by atoms with E-state index < -0.39 is 17.1 Å². The van der Waals surface area contributed by atoms with Gasteiger partial charge in [0.2, 0.25) is 11.5 Å². The van der Waals surface area contributed by atoms with Crippen LogP contribution in [0.5, 0.6) is 17.2 Å². The first-order valence-electron chi connectivity index (χ1n) is 9.14. The lowest BCUT2D eigenvalue weighted by molar-refractivity contribution is -0.122. The third-order valence-electron chi connectivity index (χ3n) is 4.33. The normalized spacial score (nSPS) is 14.8. The summed E-state index contributed by atoms with van der Waals surface area (Å²) in [6.07, 6.45) is 1.57. The van der Waals surface area contributed by atoms with Crippen molar-refractivity contribution in [3.05, 3.63) is 40.1 Å². The van der Waals surface area contributed by atoms with Crippen molar-refractivity contribution in [2.45, 2.75) is 6.92 Å². The van der Waals surface area contributed by atoms with Gasteiger partial charge in [0.15, 0.2) is 11.5 Å². The third kappa shape index (κ3) is 4.82. The number of hydrogen-bond acceptors (Lipinski definition) is 9. The molecular weight excluding hydrogens is 426 g/mol. The van der Waals surface area contributed by atoms with Crippen LogP contribution in [-0.2, 0) is 4.79 Å². The zero-order valence-electron chi connectivity index (χ0n) is 17.4. The van der Waals surface area contributed by atoms with Crippen molar-refractivity contribution >= 4 is 34.9 Å². The SMILES string of the molecule is COc1cc(C=C2SC(=O)N(CCNC(=O)c3cc(C)no3)C2=O)cc(OC)c1OC. The first kappa shape index (κ1) is 22.2. The minimum Gasteiger partial charge on any atom is -0.493 e. The number of hydrogen-bond donors (Lipinski definition) is 1. The molecule has 31 heavy (non-hydrogen) atoms. The first-order valence-corrected chi connectivity index (χ1v) is 9.96. The van der Waals surface area contributed by atoms with Crippen LogP contribution in [0.3, 0.4) is 0 Å². The van der Waals surface area contributed by atoms with Crippen molar-refractivity contribution in [3.8, 4) is 17.2 Å². The largest absolute Gasteiger partial charge is 0.493 e. The highest BCUT2D eigenvalue weighted by Crippen LogP contribution is 2.40. The Balaban J connectivity index is 1.69. The van der Waals surface area contributed by atoms with Gasteiger partial charge in [-0.2, -0.15) is 0 Å². The molecule has 0 aliphatic carbocycles. The maximum Gasteiger partial charge on any atom is 0.293 e. The molecule has 11 heteroatoms. The van der Waals surface area contributed by atoms with E-state index in [1.807, 2.05) is 0 Å². The Kier molecular flexibility index (Phi) is 6.85. The molecule has 10 nitrogen and oxygen atoms in total. The molecule has 3 rings (SSSR count). The van der Waals surface area contributed by atoms with E-state index in [0.717, 1.165) is 16.7 Å². The van der Waals surface area contributed by atoms with E-state index in [-0.39, 0.29) is 23.8 Å². The van der Waals surface area contributed by atoms with Gasteiger partial charge in [-0.25, -0.2) is 0 Å². The smallest absolute Gasteiger partial charge is 0.293 e. The number of aromatic nitrogens is 1. The second-order valence-electron chi connectivity index (χ2n) is 6.38. The predicted octanol–water partition coefficient (Wildman–Crippen LogP) is 2.48. The van der Waals surface area contributed by atoms with E-state index in [0.29, 0.717) is 28.5 Å². The Morgan fingerprint density at radius 1 is 1.16 bits per heavy atom. The fourth-order valence-corrected chi connectivity index (χ4v) is 3.73. The van der Waals surface area contributed by atoms with Gasteiger partial charge >= 0.3 is 0 Å². The number of carbonyl (C=O) groups is 3. The lowest BCUT2D eigenvalue weighted by Crippen LogP contribution is -2.37. The fourth-order valence-electron chi connectivity index (χ4n) is 2.87. The topological polar surface area (TPSA) is 120 Å². The van der Waals surface area contributed by atoms with Crippen molar-refractivity contribution in [3.63, 3.8) is 0 Å². The summed E-state index contributed by atoms with van der Waals surface area (Å²) in [4.78, 5) is 38.3. The maximum absolute atomic E-state index is 12.7. The minimum absolute atomic E-state index is 0.0239. The van der Waals surface area contributed by atoms with Gasteiger partial charge in [-0.1, -0.05) is 5.16 Å². The molecule has 0 bridgehead atoms. The van der Waals surface area contributed by atoms with E-state index in [2.05, 4.69) is 10.5 Å². The lowest BCUT2D eigenvalue weighted by Gasteiger charge is -2.13. The number of nitrogens with one attached hydrogen (secondary N) is 1. The van der Waals surface area contributed by atoms with Crippen LogP contribution in [-0.4, -0.2) is 61.5 Å². The Hall–Kier alpha value is -3.47. The molecular formula is C20H21N3O7S. The number of benzene rings is 1. The van der Waals surface area contributed by atoms with Gasteiger partial charge in [-0.3, -0.25) is 19.3 Å². The van der Waals surface area contributed by atoms with Gasteiger partial charge in [-0.05, 0) is 42.5 Å². The number of rotatable bonds is 8. The van der Waals surface area contributed by atoms with Gasteiger partial charge in [0.1, 0.15) is 0 Å². The standard InChI is InChI=1S/C20H21N3O7S/c1-11-7-15(30-22-11)18(24)21-5-6-23-19(25)16(31-20(23)26)10-12-8-13(27-2)17(29-4)14(9-12)28-3/h7-10H,5-6H2,1-4H3,(H,21,24). The lowest BCUT2D eigenvalue weighted by atomic mass is 10.1. The summed E-state index contributed by atoms with van der Waals surface area (Å²) < 4.78 is 20.8. The molecule has 1 N–H and O–H groups in total. The van der Waals surface area contributed by atoms with E-state index in [1.165, 1.54) is 27.4 Å². The summed E-state index contributed by atoms with van der Waals surface area (Å²) in [6.45, 7) is 1.80. The highest BCUT2D eigenvalue weighted by atomic mass is 32.2. The van der Waals surface area contributed by atoms with Gasteiger partial charge < -0.3 is 24.1 Å². The number of thioether (sulfide) groups is 1. The van der Waals surface area contributed by atoms with Crippen molar-refractivity contribution in [1.82, 2.24) is 15.4 Å². The van der Waals surface area contributed by atoms with Crippen LogP contribution in [0.2, 0.25) is 0 Å². The van der Waals surface area contributed by atoms with Crippen LogP contribution in [0.4, 0.5) is 4.79 Å². The second-order valence-corrected chi connectivity index (χ2v) is 7.37. The number of aryl methyl sites for hydroxylation is 1. The van der Waals surface area contributed by atoms with Crippen LogP contribution in [0, 0.1) is 6.92 Å². The van der Waals surface area contributed by atoms with E-state index in [1.54, 1.807) is 25.1 Å². The zero-order chi connectivity index (χ0) is 22.5. The molecule has 0 spiro atoms. The van der Waals surface area contributed by atoms with Gasteiger partial charge in [-0.15, -0.1) is 0 Å². The van der Waals surface area contributed by atoms with E-state index in [9.17, 15) is 14.4 Å². The summed E-state index contributed by atoms with van der Waals surface area (Å²) >= 11 is 0.816. The zero-order valence-corrected chi connectivity index (χ0v) is 18.2. The molecule has 0 radical (unpaired) electrons. The molecule has 2 heterocycles. The summed E-state index contributed by atoms with van der Waals surface area (Å²) in [5.41, 5.74) is 1.18. The number of carbonyl (C=O) groups excluding carboxylic acids is 3. The Bertz CT molecular complexity index is 1020. The number of imide groups is 1. The molecule has 2 aromatic rings. The molecule has 0 atom stereocenters. The molecule has 164 valence electrons. The van der Waals surface area contributed by atoms with Crippen molar-refractivity contribution in [2.24, 2.45) is 0 Å². The molecule has 1 aromatic heterocycles. The van der Waals surface area contributed by atoms with Crippen LogP contribution < -0.4 is 19.5 Å². The molecule has 1 aliphatic heterocycles. The van der Waals surface area contributed by atoms with E-state index >= 15 is 0 Å². The van der Waals surface area contributed by atoms with Gasteiger partial charge in [0.05, 0.1) is 31.9 Å². The molecule has 0 unspecified atom stereocenters. The summed E-state index contributed by atoms with van der Waals surface area (Å²) in [6, 6.07) is 4.85. The monoisotopic (exact) mass is 447 g/mol. The van der Waals surface area contributed by atoms with Gasteiger partial charge in [0, 0.05) is 19.2 Å². The Labute approximate surface area is 182 Å². The third-order valence-corrected chi connectivity index (χ3v) is 5.24. The number of ether oxygens (including phenoxy) is 3. The molecule has 0 saturated carbocycles. The molecule has 1 aliphatic rings. The van der Waals surface area contributed by atoms with Crippen LogP contribution in [0.1, 0.15) is 21.8 Å². The maximum atomic E-state index is 12.7. The van der Waals surface area contributed by atoms with Crippen molar-refractivity contribution in [2.75, 3.05) is 34.4 Å². The Morgan fingerprint density at radius 2 is 1.84 bits per heavy atom. The van der Waals surface area contributed by atoms with Crippen molar-refractivity contribution < 1.29 is 33.1 Å². The summed E-state index contributed by atoms with van der Waals surface area (Å²) in [7, 11) is 4.47. The number of methoxy groups -OCH3 is 3. The molecule has 3 amide bonds. The summed E-state index contributed by atoms with van der Waals surface area (Å²) in [5.74, 6) is 0.423. The van der Waals surface area contributed by atoms with Crippen LogP contribution in [0.15, 0.2) is 27.6 Å². The first-order chi connectivity index (χ1) is 14.9. The molecule has 1 aromatic carbocycles.